The summed E-state index contributed by atoms with van der Waals surface area (Å²) >= 11 is 0. The third-order valence-electron chi connectivity index (χ3n) is 15.6. The molecule has 0 aromatic heterocycles. The standard InChI is InChI=1S/C69H130O17P2/c1-8-10-11-12-13-14-15-16-17-18-21-24-27-38-45-52-68(73)86-65(57-80-67(72)51-44-37-32-30-35-42-49-62(7)9-2)59-84-88(77,78)82-55-63(70)54-81-87(75,76)83-58-64(56-79-66(71)50-43-36-31-29-34-41-48-61(5)6)85-69(74)53-46-39-28-25-22-19-20-23-26-33-40-47-60(3)4/h14-17,60-65,70H,8-13,18-59H2,1-7H3,(H,75,76)(H,77,78)/b15-14-,17-16-/t62?,63-,64+,65+/m0/s1. The molecule has 0 aromatic carbocycles. The van der Waals surface area contributed by atoms with Gasteiger partial charge in [0.2, 0.25) is 0 Å². The Morgan fingerprint density at radius 2 is 0.670 bits per heavy atom. The van der Waals surface area contributed by atoms with E-state index < -0.39 is 97.5 Å². The average Bonchev–Trinajstić information content (AvgIpc) is 3.54. The molecule has 17 nitrogen and oxygen atoms in total. The van der Waals surface area contributed by atoms with E-state index in [1.165, 1.54) is 103 Å². The van der Waals surface area contributed by atoms with Crippen LogP contribution in [-0.4, -0.2) is 96.7 Å². The molecule has 19 heteroatoms. The number of carbonyl (C=O) groups is 4. The Balaban J connectivity index is 5.28. The van der Waals surface area contributed by atoms with Crippen LogP contribution in [0, 0.1) is 17.8 Å². The second-order valence-corrected chi connectivity index (χ2v) is 28.3. The monoisotopic (exact) mass is 1290 g/mol. The second kappa shape index (κ2) is 59.5. The molecule has 0 radical (unpaired) electrons. The van der Waals surface area contributed by atoms with Gasteiger partial charge in [0.1, 0.15) is 19.3 Å². The molecular formula is C69H130O17P2. The summed E-state index contributed by atoms with van der Waals surface area (Å²) in [6.07, 6.45) is 45.4. The van der Waals surface area contributed by atoms with Crippen molar-refractivity contribution in [2.75, 3.05) is 39.6 Å². The minimum atomic E-state index is -4.96. The number of aliphatic hydroxyl groups is 1. The van der Waals surface area contributed by atoms with E-state index in [0.717, 1.165) is 127 Å². The van der Waals surface area contributed by atoms with E-state index in [2.05, 4.69) is 72.8 Å². The van der Waals surface area contributed by atoms with Gasteiger partial charge in [0.15, 0.2) is 12.2 Å². The van der Waals surface area contributed by atoms with Gasteiger partial charge in [0, 0.05) is 25.7 Å². The van der Waals surface area contributed by atoms with Gasteiger partial charge in [-0.25, -0.2) is 9.13 Å². The van der Waals surface area contributed by atoms with Crippen molar-refractivity contribution in [1.29, 1.82) is 0 Å². The van der Waals surface area contributed by atoms with Crippen LogP contribution in [0.2, 0.25) is 0 Å². The molecule has 0 fully saturated rings. The molecule has 0 heterocycles. The lowest BCUT2D eigenvalue weighted by Crippen LogP contribution is -2.30. The Labute approximate surface area is 535 Å². The lowest BCUT2D eigenvalue weighted by atomic mass is 10.00. The van der Waals surface area contributed by atoms with Crippen molar-refractivity contribution in [3.8, 4) is 0 Å². The number of ether oxygens (including phenoxy) is 4. The first kappa shape index (κ1) is 85.5. The number of unbranched alkanes of at least 4 members (excludes halogenated alkanes) is 29. The van der Waals surface area contributed by atoms with Gasteiger partial charge >= 0.3 is 39.5 Å². The zero-order chi connectivity index (χ0) is 65.2. The lowest BCUT2D eigenvalue weighted by Gasteiger charge is -2.21. The summed E-state index contributed by atoms with van der Waals surface area (Å²) in [6.45, 7) is 11.6. The van der Waals surface area contributed by atoms with Crippen molar-refractivity contribution < 1.29 is 80.2 Å². The molecule has 0 rings (SSSR count). The predicted molar refractivity (Wildman–Crippen MR) is 354 cm³/mol. The fourth-order valence-electron chi connectivity index (χ4n) is 9.79. The van der Waals surface area contributed by atoms with E-state index in [-0.39, 0.29) is 25.7 Å². The molecule has 0 saturated carbocycles. The lowest BCUT2D eigenvalue weighted by molar-refractivity contribution is -0.161. The SMILES string of the molecule is CCCCCC/C=C\C=C/CCCCCCCC(=O)O[C@H](COC(=O)CCCCCCCCC(C)CC)COP(=O)(O)OC[C@@H](O)COP(=O)(O)OC[C@@H](COC(=O)CCCCCCCCC(C)C)OC(=O)CCCCCCCCCCCCCC(C)C. The third kappa shape index (κ3) is 61.1. The maximum Gasteiger partial charge on any atom is 0.472 e. The smallest absolute Gasteiger partial charge is 0.462 e. The molecule has 0 bridgehead atoms. The highest BCUT2D eigenvalue weighted by molar-refractivity contribution is 7.47. The summed E-state index contributed by atoms with van der Waals surface area (Å²) in [4.78, 5) is 72.4. The minimum absolute atomic E-state index is 0.0835. The highest BCUT2D eigenvalue weighted by atomic mass is 31.2. The van der Waals surface area contributed by atoms with Crippen molar-refractivity contribution in [1.82, 2.24) is 0 Å². The molecule has 88 heavy (non-hydrogen) atoms. The number of allylic oxidation sites excluding steroid dienone is 4. The van der Waals surface area contributed by atoms with Gasteiger partial charge in [0.05, 0.1) is 26.4 Å². The summed E-state index contributed by atoms with van der Waals surface area (Å²) in [5.74, 6) is 0.00682. The van der Waals surface area contributed by atoms with E-state index >= 15 is 0 Å². The normalized spacial score (nSPS) is 14.7. The van der Waals surface area contributed by atoms with Crippen LogP contribution < -0.4 is 0 Å². The number of esters is 4. The van der Waals surface area contributed by atoms with E-state index in [0.29, 0.717) is 31.6 Å². The molecule has 0 aliphatic heterocycles. The number of hydrogen-bond donors (Lipinski definition) is 3. The average molecular weight is 1290 g/mol. The number of aliphatic hydroxyl groups excluding tert-OH is 1. The zero-order valence-corrected chi connectivity index (χ0v) is 58.5. The Kier molecular flexibility index (Phi) is 57.9. The summed E-state index contributed by atoms with van der Waals surface area (Å²) in [5.41, 5.74) is 0. The molecule has 0 aromatic rings. The number of phosphoric acid groups is 2. The van der Waals surface area contributed by atoms with Gasteiger partial charge in [-0.3, -0.25) is 37.3 Å². The molecule has 6 atom stereocenters. The Bertz CT molecular complexity index is 1830. The van der Waals surface area contributed by atoms with Gasteiger partial charge in [-0.05, 0) is 69.1 Å². The zero-order valence-electron chi connectivity index (χ0n) is 56.7. The second-order valence-electron chi connectivity index (χ2n) is 25.4. The third-order valence-corrected chi connectivity index (χ3v) is 17.5. The van der Waals surface area contributed by atoms with E-state index in [1.807, 2.05) is 0 Å². The van der Waals surface area contributed by atoms with Crippen molar-refractivity contribution in [3.63, 3.8) is 0 Å². The summed E-state index contributed by atoms with van der Waals surface area (Å²) in [6, 6.07) is 0. The van der Waals surface area contributed by atoms with Crippen molar-refractivity contribution >= 4 is 39.5 Å². The first-order chi connectivity index (χ1) is 42.3. The van der Waals surface area contributed by atoms with Crippen LogP contribution >= 0.6 is 15.6 Å². The summed E-state index contributed by atoms with van der Waals surface area (Å²) < 4.78 is 68.1. The van der Waals surface area contributed by atoms with E-state index in [4.69, 9.17) is 37.0 Å². The van der Waals surface area contributed by atoms with Crippen molar-refractivity contribution in [2.45, 2.75) is 336 Å². The van der Waals surface area contributed by atoms with Gasteiger partial charge in [-0.2, -0.15) is 0 Å². The van der Waals surface area contributed by atoms with Crippen LogP contribution in [0.15, 0.2) is 24.3 Å². The van der Waals surface area contributed by atoms with E-state index in [1.54, 1.807) is 0 Å². The maximum absolute atomic E-state index is 13.0. The molecule has 3 unspecified atom stereocenters. The highest BCUT2D eigenvalue weighted by Crippen LogP contribution is 2.45. The molecule has 0 saturated heterocycles. The molecule has 0 aliphatic rings. The van der Waals surface area contributed by atoms with Crippen LogP contribution in [0.4, 0.5) is 0 Å². The van der Waals surface area contributed by atoms with Crippen molar-refractivity contribution in [2.24, 2.45) is 17.8 Å². The molecule has 0 amide bonds. The molecule has 518 valence electrons. The minimum Gasteiger partial charge on any atom is -0.462 e. The molecular weight excluding hydrogens is 1160 g/mol. The molecule has 3 N–H and O–H groups in total. The van der Waals surface area contributed by atoms with Crippen LogP contribution in [-0.2, 0) is 65.4 Å². The number of phosphoric ester groups is 2. The summed E-state index contributed by atoms with van der Waals surface area (Å²) in [5, 5.41) is 10.6. The fraction of sp³-hybridized carbons (Fsp3) is 0.884. The van der Waals surface area contributed by atoms with Crippen LogP contribution in [0.3, 0.4) is 0 Å². The Hall–Kier alpha value is -2.46. The van der Waals surface area contributed by atoms with Crippen LogP contribution in [0.5, 0.6) is 0 Å². The van der Waals surface area contributed by atoms with Crippen LogP contribution in [0.25, 0.3) is 0 Å². The van der Waals surface area contributed by atoms with Crippen molar-refractivity contribution in [3.05, 3.63) is 24.3 Å². The van der Waals surface area contributed by atoms with Gasteiger partial charge in [-0.1, -0.05) is 265 Å². The first-order valence-corrected chi connectivity index (χ1v) is 38.2. The highest BCUT2D eigenvalue weighted by Gasteiger charge is 2.30. The molecule has 0 aliphatic carbocycles. The largest absolute Gasteiger partial charge is 0.472 e. The Morgan fingerprint density at radius 1 is 0.375 bits per heavy atom. The molecule has 0 spiro atoms. The number of hydrogen-bond acceptors (Lipinski definition) is 15. The predicted octanol–water partition coefficient (Wildman–Crippen LogP) is 19.0. The van der Waals surface area contributed by atoms with E-state index in [9.17, 15) is 43.2 Å². The van der Waals surface area contributed by atoms with Gasteiger partial charge in [-0.15, -0.1) is 0 Å². The summed E-state index contributed by atoms with van der Waals surface area (Å²) in [7, 11) is -9.91. The first-order valence-electron chi connectivity index (χ1n) is 35.2. The topological polar surface area (TPSA) is 237 Å². The van der Waals surface area contributed by atoms with Crippen LogP contribution in [0.1, 0.15) is 318 Å². The number of carbonyl (C=O) groups excluding carboxylic acids is 4. The fourth-order valence-corrected chi connectivity index (χ4v) is 11.4. The Morgan fingerprint density at radius 3 is 1.01 bits per heavy atom. The quantitative estimate of drug-likeness (QED) is 0.0169. The van der Waals surface area contributed by atoms with Gasteiger partial charge in [0.25, 0.3) is 0 Å². The maximum atomic E-state index is 13.0. The number of rotatable bonds is 65. The van der Waals surface area contributed by atoms with Gasteiger partial charge < -0.3 is 33.8 Å².